The molecule has 0 aliphatic heterocycles. The van der Waals surface area contributed by atoms with E-state index in [1.165, 1.54) is 19.3 Å². The van der Waals surface area contributed by atoms with Crippen LogP contribution in [0.15, 0.2) is 29.5 Å². The van der Waals surface area contributed by atoms with Crippen LogP contribution in [0, 0.1) is 16.7 Å². The third-order valence-corrected chi connectivity index (χ3v) is 8.13. The predicted octanol–water partition coefficient (Wildman–Crippen LogP) is 5.07. The fourth-order valence-electron chi connectivity index (χ4n) is 8.02. The van der Waals surface area contributed by atoms with E-state index in [0.717, 1.165) is 50.6 Å². The Hall–Kier alpha value is -2.17. The average molecular weight is 422 g/mol. The molecule has 4 fully saturated rings. The molecular weight excluding hydrogens is 386 g/mol. The van der Waals surface area contributed by atoms with Gasteiger partial charge in [-0.05, 0) is 67.8 Å². The molecule has 2 aromatic rings. The van der Waals surface area contributed by atoms with E-state index < -0.39 is 0 Å². The minimum absolute atomic E-state index is 0.163. The topological polar surface area (TPSA) is 64.0 Å². The molecule has 4 bridgehead atoms. The molecule has 2 aromatic heterocycles. The van der Waals surface area contributed by atoms with Crippen molar-refractivity contribution < 1.29 is 4.79 Å². The number of aryl methyl sites for hydroxylation is 1. The van der Waals surface area contributed by atoms with Gasteiger partial charge in [0.1, 0.15) is 5.56 Å². The average Bonchev–Trinajstić information content (AvgIpc) is 2.66. The van der Waals surface area contributed by atoms with Gasteiger partial charge in [0.15, 0.2) is 0 Å². The second-order valence-corrected chi connectivity index (χ2v) is 11.5. The summed E-state index contributed by atoms with van der Waals surface area (Å²) in [4.78, 5) is 31.0. The number of rotatable bonds is 6. The van der Waals surface area contributed by atoms with E-state index in [2.05, 4.69) is 35.6 Å². The molecule has 4 aliphatic rings. The van der Waals surface area contributed by atoms with Gasteiger partial charge in [-0.15, -0.1) is 0 Å². The number of carbonyl (C=O) groups is 1. The van der Waals surface area contributed by atoms with Gasteiger partial charge in [0.2, 0.25) is 5.43 Å². The molecule has 0 aromatic carbocycles. The Bertz CT molecular complexity index is 1070. The summed E-state index contributed by atoms with van der Waals surface area (Å²) in [5.74, 6) is 0.493. The zero-order valence-electron chi connectivity index (χ0n) is 19.2. The largest absolute Gasteiger partial charge is 0.346 e. The van der Waals surface area contributed by atoms with Gasteiger partial charge in [0.25, 0.3) is 5.91 Å². The van der Waals surface area contributed by atoms with Gasteiger partial charge >= 0.3 is 0 Å². The van der Waals surface area contributed by atoms with E-state index >= 15 is 0 Å². The fraction of sp³-hybridized carbons (Fsp3) is 0.654. The first-order chi connectivity index (χ1) is 14.7. The Kier molecular flexibility index (Phi) is 4.80. The lowest BCUT2D eigenvalue weighted by atomic mass is 9.43. The molecule has 0 radical (unpaired) electrons. The van der Waals surface area contributed by atoms with Gasteiger partial charge < -0.3 is 9.88 Å². The number of pyridine rings is 2. The Morgan fingerprint density at radius 3 is 2.58 bits per heavy atom. The van der Waals surface area contributed by atoms with Crippen LogP contribution >= 0.6 is 0 Å². The van der Waals surface area contributed by atoms with Crippen LogP contribution in [0.25, 0.3) is 10.9 Å². The summed E-state index contributed by atoms with van der Waals surface area (Å²) in [6.45, 7) is 7.79. The molecule has 5 heteroatoms. The van der Waals surface area contributed by atoms with Gasteiger partial charge in [-0.25, -0.2) is 0 Å². The van der Waals surface area contributed by atoms with Crippen LogP contribution in [0.2, 0.25) is 0 Å². The van der Waals surface area contributed by atoms with Crippen molar-refractivity contribution >= 4 is 16.8 Å². The van der Waals surface area contributed by atoms with Crippen molar-refractivity contribution in [1.82, 2.24) is 14.9 Å². The molecule has 4 saturated carbocycles. The maximum Gasteiger partial charge on any atom is 0.257 e. The number of hydrogen-bond donors (Lipinski definition) is 1. The lowest BCUT2D eigenvalue weighted by molar-refractivity contribution is -0.114. The van der Waals surface area contributed by atoms with Gasteiger partial charge in [-0.3, -0.25) is 14.6 Å². The summed E-state index contributed by atoms with van der Waals surface area (Å²) in [5.41, 5.74) is 1.40. The predicted molar refractivity (Wildman–Crippen MR) is 123 cm³/mol. The number of nitrogens with one attached hydrogen (secondary N) is 1. The van der Waals surface area contributed by atoms with Crippen molar-refractivity contribution in [2.24, 2.45) is 16.7 Å². The van der Waals surface area contributed by atoms with Crippen LogP contribution in [-0.4, -0.2) is 21.0 Å². The van der Waals surface area contributed by atoms with Crippen molar-refractivity contribution in [1.29, 1.82) is 0 Å². The first kappa shape index (κ1) is 20.7. The number of aromatic nitrogens is 2. The van der Waals surface area contributed by atoms with Gasteiger partial charge in [-0.1, -0.05) is 33.6 Å². The summed E-state index contributed by atoms with van der Waals surface area (Å²) in [7, 11) is 0. The van der Waals surface area contributed by atoms with E-state index in [1.807, 2.05) is 6.07 Å². The Balaban J connectivity index is 1.49. The first-order valence-electron chi connectivity index (χ1n) is 12.0. The number of unbranched alkanes of at least 4 members (excludes halogenated alkanes) is 2. The second kappa shape index (κ2) is 7.18. The molecule has 4 atom stereocenters. The number of hydrogen-bond acceptors (Lipinski definition) is 3. The molecule has 0 saturated heterocycles. The molecule has 166 valence electrons. The number of fused-ring (bicyclic) bond motifs is 1. The third kappa shape index (κ3) is 3.60. The molecule has 6 rings (SSSR count). The van der Waals surface area contributed by atoms with Crippen LogP contribution in [0.5, 0.6) is 0 Å². The second-order valence-electron chi connectivity index (χ2n) is 11.5. The smallest absolute Gasteiger partial charge is 0.257 e. The Labute approximate surface area is 184 Å². The van der Waals surface area contributed by atoms with E-state index in [-0.39, 0.29) is 22.4 Å². The monoisotopic (exact) mass is 421 g/mol. The standard InChI is InChI=1S/C26H35N3O2/c1-4-5-6-9-29-14-20(22(30)19-13-27-8-7-21(19)29)23(31)28-26-12-18-10-24(2,16-26)15-25(3,11-18)17-26/h7-8,13-14,18H,4-6,9-12,15-17H2,1-3H3,(H,28,31)/t18?,24-,25+,26?. The summed E-state index contributed by atoms with van der Waals surface area (Å²) >= 11 is 0. The quantitative estimate of drug-likeness (QED) is 0.663. The molecule has 31 heavy (non-hydrogen) atoms. The lowest BCUT2D eigenvalue weighted by Crippen LogP contribution is -2.65. The van der Waals surface area contributed by atoms with Crippen LogP contribution in [0.1, 0.15) is 88.9 Å². The highest BCUT2D eigenvalue weighted by molar-refractivity contribution is 5.97. The summed E-state index contributed by atoms with van der Waals surface area (Å²) in [6, 6.07) is 1.88. The minimum atomic E-state index is -0.200. The first-order valence-corrected chi connectivity index (χ1v) is 12.0. The van der Waals surface area contributed by atoms with Crippen molar-refractivity contribution in [2.45, 2.75) is 90.6 Å². The summed E-state index contributed by atoms with van der Waals surface area (Å²) in [5, 5.41) is 3.96. The molecule has 4 aliphatic carbocycles. The Morgan fingerprint density at radius 2 is 1.90 bits per heavy atom. The minimum Gasteiger partial charge on any atom is -0.346 e. The fourth-order valence-corrected chi connectivity index (χ4v) is 8.02. The lowest BCUT2D eigenvalue weighted by Gasteiger charge is -2.65. The maximum atomic E-state index is 13.5. The van der Waals surface area contributed by atoms with Crippen LogP contribution < -0.4 is 10.7 Å². The van der Waals surface area contributed by atoms with Crippen LogP contribution in [0.4, 0.5) is 0 Å². The van der Waals surface area contributed by atoms with Gasteiger partial charge in [-0.2, -0.15) is 0 Å². The van der Waals surface area contributed by atoms with E-state index in [4.69, 9.17) is 0 Å². The van der Waals surface area contributed by atoms with Crippen molar-refractivity contribution in [3.8, 4) is 0 Å². The molecule has 1 amide bonds. The summed E-state index contributed by atoms with van der Waals surface area (Å²) in [6.07, 6.45) is 15.4. The van der Waals surface area contributed by atoms with Crippen LogP contribution in [-0.2, 0) is 6.54 Å². The van der Waals surface area contributed by atoms with E-state index in [1.54, 1.807) is 18.6 Å². The van der Waals surface area contributed by atoms with Crippen molar-refractivity contribution in [3.05, 3.63) is 40.4 Å². The number of nitrogens with zero attached hydrogens (tertiary/aromatic N) is 2. The molecule has 2 heterocycles. The zero-order valence-corrected chi connectivity index (χ0v) is 19.2. The van der Waals surface area contributed by atoms with Gasteiger partial charge in [0.05, 0.1) is 10.9 Å². The molecule has 1 N–H and O–H groups in total. The molecule has 5 nitrogen and oxygen atoms in total. The van der Waals surface area contributed by atoms with Gasteiger partial charge in [0, 0.05) is 30.7 Å². The maximum absolute atomic E-state index is 13.5. The zero-order chi connectivity index (χ0) is 21.9. The normalized spacial score (nSPS) is 33.7. The van der Waals surface area contributed by atoms with E-state index in [0.29, 0.717) is 22.1 Å². The highest BCUT2D eigenvalue weighted by atomic mass is 16.2. The SMILES string of the molecule is CCCCCn1cc(C(=O)NC23CC4C[C@@](C)(C2)C[C@](C)(C4)C3)c(=O)c2cnccc21. The Morgan fingerprint density at radius 1 is 1.16 bits per heavy atom. The summed E-state index contributed by atoms with van der Waals surface area (Å²) < 4.78 is 2.07. The number of carbonyl (C=O) groups excluding carboxylic acids is 1. The van der Waals surface area contributed by atoms with Crippen molar-refractivity contribution in [3.63, 3.8) is 0 Å². The highest BCUT2D eigenvalue weighted by Gasteiger charge is 2.60. The molecular formula is C26H35N3O2. The molecule has 0 spiro atoms. The highest BCUT2D eigenvalue weighted by Crippen LogP contribution is 2.66. The number of amides is 1. The van der Waals surface area contributed by atoms with E-state index in [9.17, 15) is 9.59 Å². The third-order valence-electron chi connectivity index (χ3n) is 8.13. The van der Waals surface area contributed by atoms with Crippen LogP contribution in [0.3, 0.4) is 0 Å². The van der Waals surface area contributed by atoms with Crippen molar-refractivity contribution in [2.75, 3.05) is 0 Å². The molecule has 2 unspecified atom stereocenters.